The van der Waals surface area contributed by atoms with Crippen LogP contribution >= 0.6 is 0 Å². The van der Waals surface area contributed by atoms with Crippen LogP contribution in [0.25, 0.3) is 11.0 Å². The number of rotatable bonds is 6. The van der Waals surface area contributed by atoms with Crippen molar-refractivity contribution in [1.29, 1.82) is 0 Å². The predicted octanol–water partition coefficient (Wildman–Crippen LogP) is 4.34. The number of hydrogen-bond acceptors (Lipinski definition) is 4. The zero-order chi connectivity index (χ0) is 22.2. The van der Waals surface area contributed by atoms with Crippen LogP contribution in [-0.4, -0.2) is 33.1 Å². The van der Waals surface area contributed by atoms with E-state index in [0.29, 0.717) is 24.4 Å². The number of amides is 2. The Hall–Kier alpha value is -3.22. The van der Waals surface area contributed by atoms with Gasteiger partial charge in [0.15, 0.2) is 5.65 Å². The van der Waals surface area contributed by atoms with Gasteiger partial charge >= 0.3 is 0 Å². The molecule has 1 saturated heterocycles. The van der Waals surface area contributed by atoms with Crippen molar-refractivity contribution in [3.63, 3.8) is 0 Å². The summed E-state index contributed by atoms with van der Waals surface area (Å²) in [7, 11) is 0. The molecule has 3 heterocycles. The Morgan fingerprint density at radius 2 is 1.97 bits per heavy atom. The summed E-state index contributed by atoms with van der Waals surface area (Å²) < 4.78 is 1.89. The first-order valence-corrected chi connectivity index (χ1v) is 11.6. The Labute approximate surface area is 187 Å². The molecule has 1 saturated carbocycles. The van der Waals surface area contributed by atoms with Gasteiger partial charge in [-0.05, 0) is 63.3 Å². The molecule has 1 N–H and O–H groups in total. The minimum Gasteiger partial charge on any atom is -0.348 e. The lowest BCUT2D eigenvalue weighted by Gasteiger charge is -2.26. The highest BCUT2D eigenvalue weighted by atomic mass is 16.2. The Morgan fingerprint density at radius 3 is 2.66 bits per heavy atom. The van der Waals surface area contributed by atoms with E-state index in [1.807, 2.05) is 39.9 Å². The van der Waals surface area contributed by atoms with Gasteiger partial charge in [-0.3, -0.25) is 9.59 Å². The van der Waals surface area contributed by atoms with Crippen molar-refractivity contribution in [1.82, 2.24) is 20.1 Å². The maximum Gasteiger partial charge on any atom is 0.252 e. The minimum absolute atomic E-state index is 0.113. The first-order valence-electron chi connectivity index (χ1n) is 11.6. The molecule has 7 nitrogen and oxygen atoms in total. The molecule has 2 aliphatic rings. The van der Waals surface area contributed by atoms with Crippen molar-refractivity contribution >= 4 is 28.5 Å². The van der Waals surface area contributed by atoms with Crippen LogP contribution in [0.15, 0.2) is 36.5 Å². The van der Waals surface area contributed by atoms with Crippen LogP contribution in [0.1, 0.15) is 79.5 Å². The van der Waals surface area contributed by atoms with Gasteiger partial charge in [0, 0.05) is 42.9 Å². The van der Waals surface area contributed by atoms with Gasteiger partial charge in [0.05, 0.1) is 17.1 Å². The Balaban J connectivity index is 1.33. The molecule has 0 atom stereocenters. The third kappa shape index (κ3) is 3.99. The highest BCUT2D eigenvalue weighted by Gasteiger charge is 2.28. The highest BCUT2D eigenvalue weighted by molar-refractivity contribution is 6.05. The molecular formula is C25H29N5O2. The average molecular weight is 432 g/mol. The van der Waals surface area contributed by atoms with Crippen LogP contribution in [0.3, 0.4) is 0 Å². The summed E-state index contributed by atoms with van der Waals surface area (Å²) in [6.45, 7) is 5.34. The first kappa shape index (κ1) is 20.7. The second-order valence-corrected chi connectivity index (χ2v) is 9.14. The van der Waals surface area contributed by atoms with Crippen molar-refractivity contribution in [2.24, 2.45) is 0 Å². The fourth-order valence-electron chi connectivity index (χ4n) is 4.34. The van der Waals surface area contributed by atoms with Gasteiger partial charge in [-0.15, -0.1) is 0 Å². The molecule has 0 bridgehead atoms. The summed E-state index contributed by atoms with van der Waals surface area (Å²) in [5.41, 5.74) is 4.33. The average Bonchev–Trinajstić information content (AvgIpc) is 3.56. The van der Waals surface area contributed by atoms with Crippen LogP contribution < -0.4 is 10.2 Å². The molecule has 5 rings (SSSR count). The molecule has 1 aliphatic carbocycles. The number of piperidine rings is 1. The van der Waals surface area contributed by atoms with Crippen molar-refractivity contribution in [3.05, 3.63) is 53.3 Å². The molecule has 1 aliphatic heterocycles. The SMILES string of the molecule is CC(C)n1ncc2c(C(=O)NCc3ccc(N4CCCCC4=O)cc3)cc(C3CC3)nc21. The number of fused-ring (bicyclic) bond motifs is 1. The number of nitrogens with one attached hydrogen (secondary N) is 1. The third-order valence-electron chi connectivity index (χ3n) is 6.34. The number of pyridine rings is 1. The van der Waals surface area contributed by atoms with Crippen LogP contribution in [0.4, 0.5) is 5.69 Å². The monoisotopic (exact) mass is 431 g/mol. The topological polar surface area (TPSA) is 80.1 Å². The number of anilines is 1. The highest BCUT2D eigenvalue weighted by Crippen LogP contribution is 2.40. The Bertz CT molecular complexity index is 1160. The van der Waals surface area contributed by atoms with E-state index in [9.17, 15) is 9.59 Å². The fraction of sp³-hybridized carbons (Fsp3) is 0.440. The molecule has 3 aromatic rings. The lowest BCUT2D eigenvalue weighted by Crippen LogP contribution is -2.35. The molecule has 0 spiro atoms. The zero-order valence-corrected chi connectivity index (χ0v) is 18.7. The van der Waals surface area contributed by atoms with Crippen molar-refractivity contribution in [2.75, 3.05) is 11.4 Å². The van der Waals surface area contributed by atoms with Crippen molar-refractivity contribution < 1.29 is 9.59 Å². The van der Waals surface area contributed by atoms with Gasteiger partial charge in [0.1, 0.15) is 0 Å². The number of carbonyl (C=O) groups excluding carboxylic acids is 2. The van der Waals surface area contributed by atoms with E-state index < -0.39 is 0 Å². The van der Waals surface area contributed by atoms with E-state index in [-0.39, 0.29) is 17.9 Å². The van der Waals surface area contributed by atoms with E-state index in [0.717, 1.165) is 60.2 Å². The standard InChI is InChI=1S/C25H29N5O2/c1-16(2)30-24-21(15-27-30)20(13-22(28-24)18-8-9-18)25(32)26-14-17-6-10-19(11-7-17)29-12-4-3-5-23(29)31/h6-7,10-11,13,15-16,18H,3-5,8-9,12,14H2,1-2H3,(H,26,32). The number of aromatic nitrogens is 3. The predicted molar refractivity (Wildman–Crippen MR) is 124 cm³/mol. The maximum atomic E-state index is 13.1. The van der Waals surface area contributed by atoms with Crippen molar-refractivity contribution in [2.45, 2.75) is 64.5 Å². The van der Waals surface area contributed by atoms with Gasteiger partial charge in [-0.1, -0.05) is 12.1 Å². The van der Waals surface area contributed by atoms with E-state index in [4.69, 9.17) is 4.98 Å². The number of nitrogens with zero attached hydrogens (tertiary/aromatic N) is 4. The molecule has 2 aromatic heterocycles. The molecule has 0 unspecified atom stereocenters. The van der Waals surface area contributed by atoms with Gasteiger partial charge < -0.3 is 10.2 Å². The molecule has 166 valence electrons. The number of carbonyl (C=O) groups is 2. The van der Waals surface area contributed by atoms with Gasteiger partial charge in [-0.2, -0.15) is 5.10 Å². The minimum atomic E-state index is -0.113. The molecule has 32 heavy (non-hydrogen) atoms. The smallest absolute Gasteiger partial charge is 0.252 e. The molecule has 1 aromatic carbocycles. The quantitative estimate of drug-likeness (QED) is 0.630. The summed E-state index contributed by atoms with van der Waals surface area (Å²) in [5.74, 6) is 0.525. The number of hydrogen-bond donors (Lipinski definition) is 1. The summed E-state index contributed by atoms with van der Waals surface area (Å²) in [5, 5.41) is 8.33. The van der Waals surface area contributed by atoms with Crippen LogP contribution in [0, 0.1) is 0 Å². The Morgan fingerprint density at radius 1 is 1.19 bits per heavy atom. The summed E-state index contributed by atoms with van der Waals surface area (Å²) in [6.07, 6.45) is 6.63. The number of benzene rings is 1. The molecule has 2 amide bonds. The van der Waals surface area contributed by atoms with Gasteiger partial charge in [0.25, 0.3) is 5.91 Å². The van der Waals surface area contributed by atoms with Crippen LogP contribution in [-0.2, 0) is 11.3 Å². The summed E-state index contributed by atoms with van der Waals surface area (Å²) in [4.78, 5) is 32.0. The van der Waals surface area contributed by atoms with Gasteiger partial charge in [0.2, 0.25) is 5.91 Å². The fourth-order valence-corrected chi connectivity index (χ4v) is 4.34. The van der Waals surface area contributed by atoms with E-state index in [1.54, 1.807) is 6.20 Å². The lowest BCUT2D eigenvalue weighted by molar-refractivity contribution is -0.119. The lowest BCUT2D eigenvalue weighted by atomic mass is 10.1. The van der Waals surface area contributed by atoms with E-state index in [2.05, 4.69) is 24.3 Å². The Kier molecular flexibility index (Phi) is 5.41. The van der Waals surface area contributed by atoms with Crippen LogP contribution in [0.5, 0.6) is 0 Å². The third-order valence-corrected chi connectivity index (χ3v) is 6.34. The second kappa shape index (κ2) is 8.37. The van der Waals surface area contributed by atoms with Crippen molar-refractivity contribution in [3.8, 4) is 0 Å². The molecule has 2 fully saturated rings. The summed E-state index contributed by atoms with van der Waals surface area (Å²) in [6, 6.07) is 10.0. The first-order chi connectivity index (χ1) is 15.5. The molecular weight excluding hydrogens is 402 g/mol. The second-order valence-electron chi connectivity index (χ2n) is 9.14. The maximum absolute atomic E-state index is 13.1. The summed E-state index contributed by atoms with van der Waals surface area (Å²) >= 11 is 0. The largest absolute Gasteiger partial charge is 0.348 e. The normalized spacial score (nSPS) is 16.7. The van der Waals surface area contributed by atoms with E-state index in [1.165, 1.54) is 0 Å². The van der Waals surface area contributed by atoms with E-state index >= 15 is 0 Å². The van der Waals surface area contributed by atoms with Crippen LogP contribution in [0.2, 0.25) is 0 Å². The molecule has 0 radical (unpaired) electrons. The molecule has 7 heteroatoms. The zero-order valence-electron chi connectivity index (χ0n) is 18.7. The van der Waals surface area contributed by atoms with Gasteiger partial charge in [-0.25, -0.2) is 9.67 Å².